The normalized spacial score (nSPS) is 33.6. The van der Waals surface area contributed by atoms with Crippen molar-refractivity contribution in [2.45, 2.75) is 17.6 Å². The average molecular weight is 219 g/mol. The Balaban J connectivity index is 3.09. The van der Waals surface area contributed by atoms with Crippen molar-refractivity contribution in [3.63, 3.8) is 0 Å². The lowest BCUT2D eigenvalue weighted by Gasteiger charge is -2.26. The van der Waals surface area contributed by atoms with E-state index in [0.29, 0.717) is 18.4 Å². The fourth-order valence-corrected chi connectivity index (χ4v) is 3.59. The summed E-state index contributed by atoms with van der Waals surface area (Å²) >= 11 is 0. The largest absolute Gasteiger partial charge is 0.396 e. The first-order chi connectivity index (χ1) is 6.37. The fraction of sp³-hybridized carbons (Fsp3) is 0.778. The molecular formula is C9H17NO3S. The Hall–Kier alpha value is -0.390. The predicted molar refractivity (Wildman–Crippen MR) is 55.6 cm³/mol. The molecule has 0 amide bonds. The second-order valence-electron chi connectivity index (χ2n) is 4.03. The van der Waals surface area contributed by atoms with Crippen LogP contribution in [0.2, 0.25) is 0 Å². The van der Waals surface area contributed by atoms with E-state index >= 15 is 0 Å². The highest BCUT2D eigenvalue weighted by atomic mass is 32.2. The Labute approximate surface area is 84.7 Å². The molecule has 4 nitrogen and oxygen atoms in total. The van der Waals surface area contributed by atoms with Crippen LogP contribution in [-0.2, 0) is 9.84 Å². The van der Waals surface area contributed by atoms with Gasteiger partial charge in [0.2, 0.25) is 0 Å². The molecule has 0 saturated heterocycles. The van der Waals surface area contributed by atoms with Crippen molar-refractivity contribution >= 4 is 9.84 Å². The number of sulfone groups is 1. The van der Waals surface area contributed by atoms with Crippen molar-refractivity contribution in [1.29, 1.82) is 0 Å². The molecule has 1 fully saturated rings. The number of nitrogens with two attached hydrogens (primary N) is 1. The zero-order chi connectivity index (χ0) is 11.0. The average Bonchev–Trinajstić information content (AvgIpc) is 2.42. The van der Waals surface area contributed by atoms with E-state index in [1.54, 1.807) is 0 Å². The standard InChI is InChI=1S/C9H17NO3S/c1-7-3-8(5-11)4-9(7,6-10)14(2,12)13/h8,11H,1,3-6,10H2,2H3/t8-,9+/m0/s1. The third kappa shape index (κ3) is 1.60. The van der Waals surface area contributed by atoms with Crippen molar-refractivity contribution in [1.82, 2.24) is 0 Å². The summed E-state index contributed by atoms with van der Waals surface area (Å²) in [6, 6.07) is 0. The number of aliphatic hydroxyl groups excluding tert-OH is 1. The van der Waals surface area contributed by atoms with Crippen LogP contribution in [0, 0.1) is 5.92 Å². The van der Waals surface area contributed by atoms with Gasteiger partial charge in [-0.05, 0) is 18.8 Å². The van der Waals surface area contributed by atoms with Gasteiger partial charge in [-0.1, -0.05) is 12.2 Å². The lowest BCUT2D eigenvalue weighted by molar-refractivity contribution is 0.228. The highest BCUT2D eigenvalue weighted by Gasteiger charge is 2.48. The lowest BCUT2D eigenvalue weighted by atomic mass is 10.0. The summed E-state index contributed by atoms with van der Waals surface area (Å²) in [5, 5.41) is 9.00. The van der Waals surface area contributed by atoms with Crippen molar-refractivity contribution < 1.29 is 13.5 Å². The summed E-state index contributed by atoms with van der Waals surface area (Å²) in [4.78, 5) is 0. The third-order valence-corrected chi connectivity index (χ3v) is 5.14. The second-order valence-corrected chi connectivity index (χ2v) is 6.36. The van der Waals surface area contributed by atoms with E-state index in [9.17, 15) is 8.42 Å². The van der Waals surface area contributed by atoms with Gasteiger partial charge in [0.15, 0.2) is 9.84 Å². The van der Waals surface area contributed by atoms with Crippen LogP contribution >= 0.6 is 0 Å². The molecule has 0 spiro atoms. The maximum atomic E-state index is 11.6. The van der Waals surface area contributed by atoms with Gasteiger partial charge < -0.3 is 10.8 Å². The molecule has 14 heavy (non-hydrogen) atoms. The van der Waals surface area contributed by atoms with E-state index in [-0.39, 0.29) is 19.1 Å². The van der Waals surface area contributed by atoms with Crippen molar-refractivity contribution in [3.8, 4) is 0 Å². The molecule has 2 atom stereocenters. The van der Waals surface area contributed by atoms with E-state index in [2.05, 4.69) is 6.58 Å². The fourth-order valence-electron chi connectivity index (χ4n) is 2.14. The lowest BCUT2D eigenvalue weighted by Crippen LogP contribution is -2.44. The Kier molecular flexibility index (Phi) is 3.04. The molecular weight excluding hydrogens is 202 g/mol. The van der Waals surface area contributed by atoms with Crippen LogP contribution in [0.1, 0.15) is 12.8 Å². The maximum Gasteiger partial charge on any atom is 0.158 e. The summed E-state index contributed by atoms with van der Waals surface area (Å²) in [5.41, 5.74) is 6.18. The summed E-state index contributed by atoms with van der Waals surface area (Å²) in [6.07, 6.45) is 2.14. The van der Waals surface area contributed by atoms with Crippen LogP contribution in [0.3, 0.4) is 0 Å². The molecule has 0 radical (unpaired) electrons. The zero-order valence-corrected chi connectivity index (χ0v) is 9.18. The zero-order valence-electron chi connectivity index (χ0n) is 8.36. The van der Waals surface area contributed by atoms with E-state index < -0.39 is 14.6 Å². The van der Waals surface area contributed by atoms with Gasteiger partial charge in [0.05, 0.1) is 0 Å². The molecule has 1 rings (SSSR count). The molecule has 0 aromatic heterocycles. The Morgan fingerprint density at radius 3 is 2.50 bits per heavy atom. The second kappa shape index (κ2) is 3.64. The van der Waals surface area contributed by atoms with Gasteiger partial charge in [-0.15, -0.1) is 0 Å². The SMILES string of the molecule is C=C1C[C@H](CO)C[C@]1(CN)S(C)(=O)=O. The van der Waals surface area contributed by atoms with Gasteiger partial charge in [-0.3, -0.25) is 0 Å². The topological polar surface area (TPSA) is 80.4 Å². The minimum atomic E-state index is -3.24. The molecule has 5 heteroatoms. The molecule has 3 N–H and O–H groups in total. The van der Waals surface area contributed by atoms with Gasteiger partial charge in [-0.2, -0.15) is 0 Å². The molecule has 0 bridgehead atoms. The van der Waals surface area contributed by atoms with Crippen LogP contribution in [-0.4, -0.2) is 37.7 Å². The predicted octanol–water partition coefficient (Wildman–Crippen LogP) is -0.313. The molecule has 0 unspecified atom stereocenters. The number of hydrogen-bond donors (Lipinski definition) is 2. The molecule has 1 aliphatic rings. The third-order valence-electron chi connectivity index (χ3n) is 3.10. The highest BCUT2D eigenvalue weighted by Crippen LogP contribution is 2.42. The van der Waals surface area contributed by atoms with Crippen molar-refractivity contribution in [2.24, 2.45) is 11.7 Å². The Morgan fingerprint density at radius 2 is 2.29 bits per heavy atom. The molecule has 0 aromatic rings. The maximum absolute atomic E-state index is 11.6. The molecule has 1 aliphatic carbocycles. The van der Waals surface area contributed by atoms with Crippen LogP contribution < -0.4 is 5.73 Å². The summed E-state index contributed by atoms with van der Waals surface area (Å²) in [6.45, 7) is 3.83. The molecule has 1 saturated carbocycles. The summed E-state index contributed by atoms with van der Waals surface area (Å²) in [7, 11) is -3.24. The minimum absolute atomic E-state index is 0.00368. The van der Waals surface area contributed by atoms with E-state index in [0.717, 1.165) is 0 Å². The minimum Gasteiger partial charge on any atom is -0.396 e. The van der Waals surface area contributed by atoms with Gasteiger partial charge in [0.1, 0.15) is 4.75 Å². The van der Waals surface area contributed by atoms with Gasteiger partial charge in [0.25, 0.3) is 0 Å². The van der Waals surface area contributed by atoms with E-state index in [1.807, 2.05) is 0 Å². The van der Waals surface area contributed by atoms with Crippen LogP contribution in [0.4, 0.5) is 0 Å². The first-order valence-corrected chi connectivity index (χ1v) is 6.45. The number of aliphatic hydroxyl groups is 1. The highest BCUT2D eigenvalue weighted by molar-refractivity contribution is 7.92. The molecule has 82 valence electrons. The Bertz CT molecular complexity index is 336. The van der Waals surface area contributed by atoms with Crippen molar-refractivity contribution in [2.75, 3.05) is 19.4 Å². The van der Waals surface area contributed by atoms with E-state index in [4.69, 9.17) is 10.8 Å². The first kappa shape index (κ1) is 11.7. The van der Waals surface area contributed by atoms with Crippen LogP contribution in [0.15, 0.2) is 12.2 Å². The Morgan fingerprint density at radius 1 is 1.71 bits per heavy atom. The first-order valence-electron chi connectivity index (χ1n) is 4.56. The van der Waals surface area contributed by atoms with E-state index in [1.165, 1.54) is 6.26 Å². The van der Waals surface area contributed by atoms with Crippen molar-refractivity contribution in [3.05, 3.63) is 12.2 Å². The summed E-state index contributed by atoms with van der Waals surface area (Å²) < 4.78 is 22.3. The molecule has 0 heterocycles. The van der Waals surface area contributed by atoms with Gasteiger partial charge >= 0.3 is 0 Å². The summed E-state index contributed by atoms with van der Waals surface area (Å²) in [5.74, 6) is -0.0132. The molecule has 0 aromatic carbocycles. The smallest absolute Gasteiger partial charge is 0.158 e. The monoisotopic (exact) mass is 219 g/mol. The van der Waals surface area contributed by atoms with Gasteiger partial charge in [-0.25, -0.2) is 8.42 Å². The number of hydrogen-bond acceptors (Lipinski definition) is 4. The van der Waals surface area contributed by atoms with Crippen LogP contribution in [0.5, 0.6) is 0 Å². The van der Waals surface area contributed by atoms with Gasteiger partial charge in [0, 0.05) is 19.4 Å². The quantitative estimate of drug-likeness (QED) is 0.638. The van der Waals surface area contributed by atoms with Crippen LogP contribution in [0.25, 0.3) is 0 Å². The molecule has 0 aliphatic heterocycles. The number of rotatable bonds is 3.